The van der Waals surface area contributed by atoms with Gasteiger partial charge in [0.15, 0.2) is 5.76 Å². The van der Waals surface area contributed by atoms with Crippen molar-refractivity contribution in [3.05, 3.63) is 65.9 Å². The summed E-state index contributed by atoms with van der Waals surface area (Å²) >= 11 is 0. The lowest BCUT2D eigenvalue weighted by atomic mass is 10.1. The van der Waals surface area contributed by atoms with E-state index in [0.29, 0.717) is 30.6 Å². The van der Waals surface area contributed by atoms with E-state index >= 15 is 0 Å². The van der Waals surface area contributed by atoms with Crippen molar-refractivity contribution in [3.8, 4) is 0 Å². The zero-order chi connectivity index (χ0) is 21.0. The number of benzene rings is 2. The Morgan fingerprint density at radius 2 is 1.70 bits per heavy atom. The molecule has 0 spiro atoms. The molecule has 6 nitrogen and oxygen atoms in total. The van der Waals surface area contributed by atoms with Gasteiger partial charge in [0.05, 0.1) is 4.90 Å². The second kappa shape index (κ2) is 9.02. The summed E-state index contributed by atoms with van der Waals surface area (Å²) in [6.45, 7) is 1.61. The van der Waals surface area contributed by atoms with Crippen molar-refractivity contribution in [3.63, 3.8) is 0 Å². The van der Waals surface area contributed by atoms with Crippen LogP contribution in [0.3, 0.4) is 0 Å². The molecule has 0 atom stereocenters. The number of carbonyl (C=O) groups excluding carboxylic acids is 1. The second-order valence-corrected chi connectivity index (χ2v) is 9.56. The van der Waals surface area contributed by atoms with Gasteiger partial charge in [-0.3, -0.25) is 4.79 Å². The van der Waals surface area contributed by atoms with E-state index in [1.54, 1.807) is 28.6 Å². The Morgan fingerprint density at radius 3 is 2.43 bits per heavy atom. The Bertz CT molecular complexity index is 1110. The third kappa shape index (κ3) is 4.57. The van der Waals surface area contributed by atoms with Gasteiger partial charge in [0, 0.05) is 25.0 Å². The number of furan rings is 1. The molecule has 4 rings (SSSR count). The molecule has 2 aromatic carbocycles. The maximum Gasteiger partial charge on any atom is 0.287 e. The fourth-order valence-corrected chi connectivity index (χ4v) is 5.33. The Hall–Kier alpha value is -2.64. The molecule has 1 amide bonds. The van der Waals surface area contributed by atoms with Crippen LogP contribution in [0.2, 0.25) is 0 Å². The van der Waals surface area contributed by atoms with Gasteiger partial charge >= 0.3 is 0 Å². The van der Waals surface area contributed by atoms with Crippen LogP contribution in [0.15, 0.2) is 63.9 Å². The summed E-state index contributed by atoms with van der Waals surface area (Å²) in [6, 6.07) is 16.3. The summed E-state index contributed by atoms with van der Waals surface area (Å²) in [4.78, 5) is 12.7. The molecule has 0 saturated carbocycles. The highest BCUT2D eigenvalue weighted by atomic mass is 32.2. The molecular weight excluding hydrogens is 400 g/mol. The van der Waals surface area contributed by atoms with E-state index in [2.05, 4.69) is 5.32 Å². The van der Waals surface area contributed by atoms with Crippen LogP contribution in [-0.4, -0.2) is 38.3 Å². The van der Waals surface area contributed by atoms with Crippen molar-refractivity contribution >= 4 is 26.9 Å². The zero-order valence-corrected chi connectivity index (χ0v) is 17.7. The number of fused-ring (bicyclic) bond motifs is 1. The van der Waals surface area contributed by atoms with Crippen LogP contribution in [0.1, 0.15) is 41.8 Å². The van der Waals surface area contributed by atoms with Crippen LogP contribution < -0.4 is 5.32 Å². The lowest BCUT2D eigenvalue weighted by molar-refractivity contribution is 0.0928. The van der Waals surface area contributed by atoms with Crippen molar-refractivity contribution in [2.45, 2.75) is 37.0 Å². The molecule has 1 fully saturated rings. The molecule has 7 heteroatoms. The third-order valence-corrected chi connectivity index (χ3v) is 7.35. The van der Waals surface area contributed by atoms with E-state index in [0.717, 1.165) is 37.7 Å². The number of rotatable bonds is 6. The molecule has 0 bridgehead atoms. The predicted octanol–water partition coefficient (Wildman–Crippen LogP) is 3.97. The summed E-state index contributed by atoms with van der Waals surface area (Å²) in [5, 5.41) is 3.46. The van der Waals surface area contributed by atoms with E-state index in [9.17, 15) is 13.2 Å². The third-order valence-electron chi connectivity index (χ3n) is 5.46. The second-order valence-electron chi connectivity index (χ2n) is 7.62. The Kier molecular flexibility index (Phi) is 6.20. The predicted molar refractivity (Wildman–Crippen MR) is 116 cm³/mol. The summed E-state index contributed by atoms with van der Waals surface area (Å²) in [7, 11) is -3.54. The lowest BCUT2D eigenvalue weighted by Gasteiger charge is -2.19. The fourth-order valence-electron chi connectivity index (χ4n) is 3.78. The summed E-state index contributed by atoms with van der Waals surface area (Å²) in [6.07, 6.45) is 4.64. The highest BCUT2D eigenvalue weighted by Crippen LogP contribution is 2.26. The van der Waals surface area contributed by atoms with Crippen LogP contribution in [0.5, 0.6) is 0 Å². The molecule has 1 aromatic heterocycles. The number of hydrogen-bond donors (Lipinski definition) is 1. The van der Waals surface area contributed by atoms with Gasteiger partial charge in [-0.15, -0.1) is 0 Å². The van der Waals surface area contributed by atoms with Crippen LogP contribution in [-0.2, 0) is 16.4 Å². The number of nitrogens with one attached hydrogen (secondary N) is 1. The van der Waals surface area contributed by atoms with Gasteiger partial charge in [-0.1, -0.05) is 43.2 Å². The van der Waals surface area contributed by atoms with Crippen LogP contribution in [0.25, 0.3) is 11.0 Å². The normalized spacial score (nSPS) is 15.7. The van der Waals surface area contributed by atoms with Crippen molar-refractivity contribution in [2.24, 2.45) is 0 Å². The zero-order valence-electron chi connectivity index (χ0n) is 16.8. The van der Waals surface area contributed by atoms with Crippen molar-refractivity contribution in [1.82, 2.24) is 9.62 Å². The molecule has 3 aromatic rings. The summed E-state index contributed by atoms with van der Waals surface area (Å²) in [5.74, 6) is -0.124. The highest BCUT2D eigenvalue weighted by molar-refractivity contribution is 7.89. The smallest absolute Gasteiger partial charge is 0.287 e. The van der Waals surface area contributed by atoms with Gasteiger partial charge < -0.3 is 9.73 Å². The van der Waals surface area contributed by atoms with Gasteiger partial charge in [0.25, 0.3) is 5.91 Å². The SMILES string of the molecule is O=C(NCCc1ccccc1)c1cc2cc(S(=O)(=O)N3CCCCCC3)ccc2o1. The Balaban J connectivity index is 1.47. The van der Waals surface area contributed by atoms with Crippen molar-refractivity contribution in [1.29, 1.82) is 0 Å². The quantitative estimate of drug-likeness (QED) is 0.647. The van der Waals surface area contributed by atoms with Gasteiger partial charge in [-0.2, -0.15) is 4.31 Å². The largest absolute Gasteiger partial charge is 0.451 e. The van der Waals surface area contributed by atoms with Crippen LogP contribution in [0.4, 0.5) is 0 Å². The molecule has 0 radical (unpaired) electrons. The van der Waals surface area contributed by atoms with Gasteiger partial charge in [-0.25, -0.2) is 8.42 Å². The monoisotopic (exact) mass is 426 g/mol. The number of hydrogen-bond acceptors (Lipinski definition) is 4. The summed E-state index contributed by atoms with van der Waals surface area (Å²) in [5.41, 5.74) is 1.64. The molecule has 1 saturated heterocycles. The molecule has 1 N–H and O–H groups in total. The first-order valence-electron chi connectivity index (χ1n) is 10.4. The average molecular weight is 427 g/mol. The fraction of sp³-hybridized carbons (Fsp3) is 0.348. The molecule has 1 aliphatic heterocycles. The number of amides is 1. The molecule has 30 heavy (non-hydrogen) atoms. The minimum Gasteiger partial charge on any atom is -0.451 e. The van der Waals surface area contributed by atoms with Crippen LogP contribution >= 0.6 is 0 Å². The lowest BCUT2D eigenvalue weighted by Crippen LogP contribution is -2.31. The standard InChI is InChI=1S/C23H26N2O4S/c26-23(24-13-12-18-8-4-3-5-9-18)22-17-19-16-20(10-11-21(19)29-22)30(27,28)25-14-6-1-2-7-15-25/h3-5,8-11,16-17H,1-2,6-7,12-15H2,(H,24,26). The van der Waals surface area contributed by atoms with Gasteiger partial charge in [0.1, 0.15) is 5.58 Å². The van der Waals surface area contributed by atoms with Gasteiger partial charge in [-0.05, 0) is 49.1 Å². The molecule has 158 valence electrons. The topological polar surface area (TPSA) is 79.6 Å². The van der Waals surface area contributed by atoms with E-state index < -0.39 is 10.0 Å². The minimum atomic E-state index is -3.54. The Labute approximate surface area is 176 Å². The molecule has 2 heterocycles. The first-order valence-corrected chi connectivity index (χ1v) is 11.8. The van der Waals surface area contributed by atoms with Crippen LogP contribution in [0, 0.1) is 0 Å². The molecule has 1 aliphatic rings. The molecule has 0 unspecified atom stereocenters. The number of nitrogens with zero attached hydrogens (tertiary/aromatic N) is 1. The maximum atomic E-state index is 13.0. The van der Waals surface area contributed by atoms with E-state index in [4.69, 9.17) is 4.42 Å². The highest BCUT2D eigenvalue weighted by Gasteiger charge is 2.26. The van der Waals surface area contributed by atoms with E-state index in [-0.39, 0.29) is 16.6 Å². The number of sulfonamides is 1. The van der Waals surface area contributed by atoms with Gasteiger partial charge in [0.2, 0.25) is 10.0 Å². The van der Waals surface area contributed by atoms with Crippen molar-refractivity contribution < 1.29 is 17.6 Å². The summed E-state index contributed by atoms with van der Waals surface area (Å²) < 4.78 is 33.2. The van der Waals surface area contributed by atoms with E-state index in [1.807, 2.05) is 30.3 Å². The first-order chi connectivity index (χ1) is 14.5. The van der Waals surface area contributed by atoms with E-state index in [1.165, 1.54) is 0 Å². The Morgan fingerprint density at radius 1 is 0.967 bits per heavy atom. The minimum absolute atomic E-state index is 0.183. The average Bonchev–Trinajstić information content (AvgIpc) is 2.98. The molecule has 0 aliphatic carbocycles. The van der Waals surface area contributed by atoms with Crippen molar-refractivity contribution in [2.75, 3.05) is 19.6 Å². The number of carbonyl (C=O) groups is 1. The first kappa shape index (κ1) is 20.6. The molecular formula is C23H26N2O4S. The maximum absolute atomic E-state index is 13.0.